The maximum Gasteiger partial charge on any atom is 0.245 e. The number of nitrogens with zero attached hydrogens (tertiary/aromatic N) is 1. The van der Waals surface area contributed by atoms with Crippen LogP contribution in [-0.4, -0.2) is 47.4 Å². The normalized spacial score (nSPS) is 25.4. The topological polar surface area (TPSA) is 49.4 Å². The Bertz CT molecular complexity index is 323. The van der Waals surface area contributed by atoms with Crippen LogP contribution in [0.3, 0.4) is 0 Å². The van der Waals surface area contributed by atoms with Crippen LogP contribution in [0.5, 0.6) is 0 Å². The van der Waals surface area contributed by atoms with Gasteiger partial charge in [0.05, 0.1) is 0 Å². The van der Waals surface area contributed by atoms with E-state index < -0.39 is 0 Å². The van der Waals surface area contributed by atoms with Gasteiger partial charge in [0, 0.05) is 6.54 Å². The predicted molar refractivity (Wildman–Crippen MR) is 80.2 cm³/mol. The Morgan fingerprint density at radius 2 is 2.05 bits per heavy atom. The van der Waals surface area contributed by atoms with E-state index >= 15 is 0 Å². The van der Waals surface area contributed by atoms with E-state index in [1.165, 1.54) is 0 Å². The minimum Gasteiger partial charge on any atom is -0.343 e. The smallest absolute Gasteiger partial charge is 0.245 e. The monoisotopic (exact) mass is 286 g/mol. The maximum atomic E-state index is 12.4. The van der Waals surface area contributed by atoms with Crippen LogP contribution in [0.1, 0.15) is 40.0 Å². The molecule has 1 heterocycles. The second-order valence-corrected chi connectivity index (χ2v) is 6.16. The van der Waals surface area contributed by atoms with Crippen LogP contribution in [0, 0.1) is 5.92 Å². The molecule has 1 N–H and O–H groups in total. The molecule has 1 aliphatic rings. The van der Waals surface area contributed by atoms with Gasteiger partial charge in [0.15, 0.2) is 0 Å². The Labute approximate surface area is 120 Å². The van der Waals surface area contributed by atoms with Crippen LogP contribution in [0.25, 0.3) is 0 Å². The average Bonchev–Trinajstić information content (AvgIpc) is 2.41. The van der Waals surface area contributed by atoms with Gasteiger partial charge >= 0.3 is 0 Å². The zero-order valence-corrected chi connectivity index (χ0v) is 13.3. The average molecular weight is 286 g/mol. The summed E-state index contributed by atoms with van der Waals surface area (Å²) in [6.45, 7) is 6.74. The molecule has 5 heteroatoms. The first-order valence-corrected chi connectivity index (χ1v) is 8.55. The van der Waals surface area contributed by atoms with Gasteiger partial charge in [-0.1, -0.05) is 27.2 Å². The standard InChI is InChI=1S/C14H26N2O2S/c1-5-10(3)12-13(17)15-11(6-2)14(18)16(12)8-7-9-19-4/h10-12H,5-9H2,1-4H3,(H,15,17). The zero-order valence-electron chi connectivity index (χ0n) is 12.4. The van der Waals surface area contributed by atoms with Crippen molar-refractivity contribution in [1.29, 1.82) is 0 Å². The van der Waals surface area contributed by atoms with Crippen molar-refractivity contribution >= 4 is 23.6 Å². The fraction of sp³-hybridized carbons (Fsp3) is 0.857. The van der Waals surface area contributed by atoms with Gasteiger partial charge in [0.1, 0.15) is 12.1 Å². The summed E-state index contributed by atoms with van der Waals surface area (Å²) >= 11 is 1.78. The number of carbonyl (C=O) groups excluding carboxylic acids is 2. The highest BCUT2D eigenvalue weighted by atomic mass is 32.2. The van der Waals surface area contributed by atoms with Crippen molar-refractivity contribution < 1.29 is 9.59 Å². The van der Waals surface area contributed by atoms with E-state index in [9.17, 15) is 9.59 Å². The lowest BCUT2D eigenvalue weighted by atomic mass is 9.92. The van der Waals surface area contributed by atoms with Crippen molar-refractivity contribution in [3.05, 3.63) is 0 Å². The number of nitrogens with one attached hydrogen (secondary N) is 1. The van der Waals surface area contributed by atoms with Crippen LogP contribution in [-0.2, 0) is 9.59 Å². The minimum atomic E-state index is -0.331. The van der Waals surface area contributed by atoms with Crippen molar-refractivity contribution in [2.75, 3.05) is 18.6 Å². The molecule has 0 saturated carbocycles. The van der Waals surface area contributed by atoms with E-state index in [0.717, 1.165) is 18.6 Å². The summed E-state index contributed by atoms with van der Waals surface area (Å²) in [5.74, 6) is 1.34. The van der Waals surface area contributed by atoms with Gasteiger partial charge in [-0.3, -0.25) is 9.59 Å². The first-order valence-electron chi connectivity index (χ1n) is 7.16. The first-order chi connectivity index (χ1) is 9.06. The fourth-order valence-electron chi connectivity index (χ4n) is 2.49. The second kappa shape index (κ2) is 7.78. The number of piperazine rings is 1. The van der Waals surface area contributed by atoms with Crippen molar-refractivity contribution in [2.45, 2.75) is 52.1 Å². The summed E-state index contributed by atoms with van der Waals surface area (Å²) in [6.07, 6.45) is 4.58. The molecule has 110 valence electrons. The molecule has 0 radical (unpaired) electrons. The van der Waals surface area contributed by atoms with E-state index in [4.69, 9.17) is 0 Å². The molecule has 1 saturated heterocycles. The lowest BCUT2D eigenvalue weighted by Crippen LogP contribution is -2.65. The summed E-state index contributed by atoms with van der Waals surface area (Å²) in [7, 11) is 0. The largest absolute Gasteiger partial charge is 0.343 e. The predicted octanol–water partition coefficient (Wildman–Crippen LogP) is 1.89. The van der Waals surface area contributed by atoms with Gasteiger partial charge in [0.2, 0.25) is 11.8 Å². The number of hydrogen-bond donors (Lipinski definition) is 1. The fourth-order valence-corrected chi connectivity index (χ4v) is 2.91. The number of amides is 2. The molecular weight excluding hydrogens is 260 g/mol. The highest BCUT2D eigenvalue weighted by molar-refractivity contribution is 7.98. The summed E-state index contributed by atoms with van der Waals surface area (Å²) in [4.78, 5) is 26.5. The molecular formula is C14H26N2O2S. The van der Waals surface area contributed by atoms with Gasteiger partial charge in [-0.15, -0.1) is 0 Å². The highest BCUT2D eigenvalue weighted by Gasteiger charge is 2.41. The van der Waals surface area contributed by atoms with Crippen LogP contribution in [0.2, 0.25) is 0 Å². The molecule has 4 nitrogen and oxygen atoms in total. The third-order valence-corrected chi connectivity index (χ3v) is 4.54. The zero-order chi connectivity index (χ0) is 14.4. The SMILES string of the molecule is CCC1NC(=O)C(C(C)CC)N(CCCSC)C1=O. The Morgan fingerprint density at radius 3 is 2.58 bits per heavy atom. The number of carbonyl (C=O) groups is 2. The molecule has 0 spiro atoms. The molecule has 0 aromatic heterocycles. The number of thioether (sulfide) groups is 1. The maximum absolute atomic E-state index is 12.4. The molecule has 2 amide bonds. The van der Waals surface area contributed by atoms with Gasteiger partial charge in [-0.25, -0.2) is 0 Å². The van der Waals surface area contributed by atoms with Crippen LogP contribution < -0.4 is 5.32 Å². The minimum absolute atomic E-state index is 0.0185. The molecule has 1 rings (SSSR count). The number of rotatable bonds is 7. The van der Waals surface area contributed by atoms with Crippen LogP contribution >= 0.6 is 11.8 Å². The van der Waals surface area contributed by atoms with E-state index in [1.807, 2.05) is 18.7 Å². The summed E-state index contributed by atoms with van der Waals surface area (Å²) < 4.78 is 0. The lowest BCUT2D eigenvalue weighted by Gasteiger charge is -2.41. The summed E-state index contributed by atoms with van der Waals surface area (Å²) in [5.41, 5.74) is 0. The highest BCUT2D eigenvalue weighted by Crippen LogP contribution is 2.21. The molecule has 0 aromatic rings. The Morgan fingerprint density at radius 1 is 1.37 bits per heavy atom. The van der Waals surface area contributed by atoms with E-state index in [0.29, 0.717) is 13.0 Å². The molecule has 3 atom stereocenters. The van der Waals surface area contributed by atoms with E-state index in [2.05, 4.69) is 18.5 Å². The Balaban J connectivity index is 2.84. The van der Waals surface area contributed by atoms with Crippen molar-refractivity contribution in [3.63, 3.8) is 0 Å². The molecule has 0 bridgehead atoms. The summed E-state index contributed by atoms with van der Waals surface area (Å²) in [6, 6.07) is -0.621. The van der Waals surface area contributed by atoms with Gasteiger partial charge in [-0.2, -0.15) is 11.8 Å². The quantitative estimate of drug-likeness (QED) is 0.727. The molecule has 0 aromatic carbocycles. The molecule has 1 aliphatic heterocycles. The van der Waals surface area contributed by atoms with Gasteiger partial charge in [0.25, 0.3) is 0 Å². The lowest BCUT2D eigenvalue weighted by molar-refractivity contribution is -0.151. The van der Waals surface area contributed by atoms with Crippen LogP contribution in [0.15, 0.2) is 0 Å². The molecule has 3 unspecified atom stereocenters. The molecule has 19 heavy (non-hydrogen) atoms. The Kier molecular flexibility index (Phi) is 6.69. The van der Waals surface area contributed by atoms with E-state index in [-0.39, 0.29) is 29.8 Å². The van der Waals surface area contributed by atoms with Gasteiger partial charge < -0.3 is 10.2 Å². The Hall–Kier alpha value is -0.710. The molecule has 1 fully saturated rings. The first kappa shape index (κ1) is 16.3. The summed E-state index contributed by atoms with van der Waals surface area (Å²) in [5, 5.41) is 2.87. The van der Waals surface area contributed by atoms with Gasteiger partial charge in [-0.05, 0) is 30.8 Å². The van der Waals surface area contributed by atoms with Crippen molar-refractivity contribution in [3.8, 4) is 0 Å². The van der Waals surface area contributed by atoms with Crippen molar-refractivity contribution in [1.82, 2.24) is 10.2 Å². The second-order valence-electron chi connectivity index (χ2n) is 5.18. The van der Waals surface area contributed by atoms with Crippen LogP contribution in [0.4, 0.5) is 0 Å². The number of hydrogen-bond acceptors (Lipinski definition) is 3. The third-order valence-electron chi connectivity index (χ3n) is 3.84. The van der Waals surface area contributed by atoms with E-state index in [1.54, 1.807) is 11.8 Å². The third kappa shape index (κ3) is 3.88. The van der Waals surface area contributed by atoms with Crippen molar-refractivity contribution in [2.24, 2.45) is 5.92 Å². The molecule has 0 aliphatic carbocycles.